The molecule has 142 valence electrons. The van der Waals surface area contributed by atoms with Crippen molar-refractivity contribution in [1.29, 1.82) is 0 Å². The zero-order valence-electron chi connectivity index (χ0n) is 15.3. The lowest BCUT2D eigenvalue weighted by molar-refractivity contribution is 0.469. The van der Waals surface area contributed by atoms with Gasteiger partial charge in [-0.2, -0.15) is 4.98 Å². The van der Waals surface area contributed by atoms with Gasteiger partial charge in [-0.25, -0.2) is 12.8 Å². The minimum absolute atomic E-state index is 0.0151. The molecule has 1 aromatic heterocycles. The molecule has 0 bridgehead atoms. The third-order valence-corrected chi connectivity index (χ3v) is 7.16. The minimum Gasteiger partial charge on any atom is -0.428 e. The first-order valence-electron chi connectivity index (χ1n) is 8.56. The van der Waals surface area contributed by atoms with Gasteiger partial charge in [-0.1, -0.05) is 43.3 Å². The molecule has 1 atom stereocenters. The molecule has 0 saturated carbocycles. The first-order chi connectivity index (χ1) is 12.8. The number of rotatable bonds is 6. The van der Waals surface area contributed by atoms with Crippen LogP contribution in [0.15, 0.2) is 68.0 Å². The highest BCUT2D eigenvalue weighted by atomic mass is 32.2. The van der Waals surface area contributed by atoms with Crippen molar-refractivity contribution in [1.82, 2.24) is 4.98 Å². The Balaban J connectivity index is 2.11. The second-order valence-electron chi connectivity index (χ2n) is 6.27. The van der Waals surface area contributed by atoms with E-state index >= 15 is 0 Å². The quantitative estimate of drug-likeness (QED) is 0.400. The van der Waals surface area contributed by atoms with Crippen LogP contribution in [0.4, 0.5) is 4.39 Å². The molecule has 0 aliphatic carbocycles. The van der Waals surface area contributed by atoms with Crippen molar-refractivity contribution in [3.63, 3.8) is 0 Å². The van der Waals surface area contributed by atoms with Gasteiger partial charge in [-0.3, -0.25) is 0 Å². The maximum Gasteiger partial charge on any atom is 0.228 e. The number of sulfone groups is 1. The summed E-state index contributed by atoms with van der Waals surface area (Å²) in [5.74, 6) is -0.245. The van der Waals surface area contributed by atoms with Crippen molar-refractivity contribution in [2.45, 2.75) is 47.5 Å². The summed E-state index contributed by atoms with van der Waals surface area (Å²) in [6, 6.07) is 12.2. The molecule has 0 fully saturated rings. The number of oxazole rings is 1. The molecule has 1 unspecified atom stereocenters. The molecule has 0 saturated heterocycles. The van der Waals surface area contributed by atoms with Gasteiger partial charge in [0.2, 0.25) is 25.8 Å². The zero-order chi connectivity index (χ0) is 19.6. The number of thioether (sulfide) groups is 1. The third kappa shape index (κ3) is 4.25. The molecule has 0 amide bonds. The SMILES string of the molecule is CCC(C)Sc1oc(-c2ccc(C)cc2)nc1S(=O)(=O)c1ccc(F)cc1. The first-order valence-corrected chi connectivity index (χ1v) is 10.9. The summed E-state index contributed by atoms with van der Waals surface area (Å²) in [5, 5.41) is 0.283. The van der Waals surface area contributed by atoms with Crippen LogP contribution in [0.1, 0.15) is 25.8 Å². The monoisotopic (exact) mass is 405 g/mol. The Morgan fingerprint density at radius 1 is 1.11 bits per heavy atom. The van der Waals surface area contributed by atoms with E-state index in [4.69, 9.17) is 4.42 Å². The summed E-state index contributed by atoms with van der Waals surface area (Å²) in [4.78, 5) is 4.28. The number of hydrogen-bond donors (Lipinski definition) is 0. The van der Waals surface area contributed by atoms with Crippen molar-refractivity contribution in [3.05, 3.63) is 59.9 Å². The molecule has 0 spiro atoms. The van der Waals surface area contributed by atoms with E-state index in [-0.39, 0.29) is 26.2 Å². The molecule has 3 aromatic rings. The van der Waals surface area contributed by atoms with Gasteiger partial charge in [0.15, 0.2) is 0 Å². The van der Waals surface area contributed by atoms with Crippen molar-refractivity contribution < 1.29 is 17.2 Å². The van der Waals surface area contributed by atoms with E-state index in [1.54, 1.807) is 0 Å². The van der Waals surface area contributed by atoms with Crippen molar-refractivity contribution in [3.8, 4) is 11.5 Å². The van der Waals surface area contributed by atoms with E-state index in [9.17, 15) is 12.8 Å². The standard InChI is InChI=1S/C20H20FNO3S2/c1-4-14(3)26-20-19(27(23,24)17-11-9-16(21)10-12-17)22-18(25-20)15-7-5-13(2)6-8-15/h5-12,14H,4H2,1-3H3. The molecule has 3 rings (SSSR count). The lowest BCUT2D eigenvalue weighted by atomic mass is 10.1. The minimum atomic E-state index is -3.93. The molecule has 2 aromatic carbocycles. The predicted molar refractivity (Wildman–Crippen MR) is 104 cm³/mol. The number of nitrogens with zero attached hydrogens (tertiary/aromatic N) is 1. The summed E-state index contributed by atoms with van der Waals surface area (Å²) in [6.07, 6.45) is 0.848. The fraction of sp³-hybridized carbons (Fsp3) is 0.250. The highest BCUT2D eigenvalue weighted by Crippen LogP contribution is 2.37. The zero-order valence-corrected chi connectivity index (χ0v) is 16.9. The number of aromatic nitrogens is 1. The van der Waals surface area contributed by atoms with E-state index in [0.29, 0.717) is 5.56 Å². The molecular weight excluding hydrogens is 385 g/mol. The number of aryl methyl sites for hydroxylation is 1. The van der Waals surface area contributed by atoms with Gasteiger partial charge in [-0.15, -0.1) is 0 Å². The Morgan fingerprint density at radius 2 is 1.74 bits per heavy atom. The topological polar surface area (TPSA) is 60.2 Å². The summed E-state index contributed by atoms with van der Waals surface area (Å²) >= 11 is 1.33. The predicted octanol–water partition coefficient (Wildman–Crippen LogP) is 5.51. The van der Waals surface area contributed by atoms with Crippen molar-refractivity contribution in [2.75, 3.05) is 0 Å². The molecule has 4 nitrogen and oxygen atoms in total. The molecule has 0 aliphatic heterocycles. The van der Waals surface area contributed by atoms with Gasteiger partial charge < -0.3 is 4.42 Å². The fourth-order valence-electron chi connectivity index (χ4n) is 2.35. The van der Waals surface area contributed by atoms with Crippen LogP contribution >= 0.6 is 11.8 Å². The fourth-order valence-corrected chi connectivity index (χ4v) is 4.81. The largest absolute Gasteiger partial charge is 0.428 e. The van der Waals surface area contributed by atoms with E-state index in [2.05, 4.69) is 4.98 Å². The molecule has 27 heavy (non-hydrogen) atoms. The Kier molecular flexibility index (Phi) is 5.72. The van der Waals surface area contributed by atoms with Gasteiger partial charge in [0.05, 0.1) is 4.90 Å². The van der Waals surface area contributed by atoms with Crippen LogP contribution in [0, 0.1) is 12.7 Å². The highest BCUT2D eigenvalue weighted by Gasteiger charge is 2.29. The summed E-state index contributed by atoms with van der Waals surface area (Å²) < 4.78 is 45.2. The van der Waals surface area contributed by atoms with Crippen LogP contribution in [0.3, 0.4) is 0 Å². The Morgan fingerprint density at radius 3 is 2.33 bits per heavy atom. The van der Waals surface area contributed by atoms with Crippen LogP contribution in [0.2, 0.25) is 0 Å². The van der Waals surface area contributed by atoms with E-state index in [1.807, 2.05) is 45.0 Å². The second-order valence-corrected chi connectivity index (χ2v) is 9.55. The second kappa shape index (κ2) is 7.86. The molecule has 0 N–H and O–H groups in total. The van der Waals surface area contributed by atoms with E-state index in [0.717, 1.165) is 24.1 Å². The van der Waals surface area contributed by atoms with Crippen LogP contribution in [-0.4, -0.2) is 18.7 Å². The van der Waals surface area contributed by atoms with E-state index < -0.39 is 15.7 Å². The van der Waals surface area contributed by atoms with Gasteiger partial charge in [-0.05, 0) is 49.7 Å². The smallest absolute Gasteiger partial charge is 0.228 e. The Hall–Kier alpha value is -2.12. The number of halogens is 1. The highest BCUT2D eigenvalue weighted by molar-refractivity contribution is 8.00. The lowest BCUT2D eigenvalue weighted by Crippen LogP contribution is -2.05. The maximum absolute atomic E-state index is 13.2. The third-order valence-electron chi connectivity index (χ3n) is 4.13. The van der Waals surface area contributed by atoms with Crippen LogP contribution in [-0.2, 0) is 9.84 Å². The van der Waals surface area contributed by atoms with Gasteiger partial charge >= 0.3 is 0 Å². The maximum atomic E-state index is 13.2. The van der Waals surface area contributed by atoms with Crippen molar-refractivity contribution in [2.24, 2.45) is 0 Å². The molecule has 0 aliphatic rings. The molecule has 1 heterocycles. The van der Waals surface area contributed by atoms with E-state index in [1.165, 1.54) is 23.9 Å². The lowest BCUT2D eigenvalue weighted by Gasteiger charge is -2.07. The normalized spacial score (nSPS) is 12.9. The van der Waals surface area contributed by atoms with Gasteiger partial charge in [0.1, 0.15) is 5.82 Å². The Bertz CT molecular complexity index is 1030. The van der Waals surface area contributed by atoms with Crippen LogP contribution in [0.25, 0.3) is 11.5 Å². The Labute approximate surface area is 162 Å². The molecule has 0 radical (unpaired) electrons. The average Bonchev–Trinajstić information content (AvgIpc) is 3.07. The van der Waals surface area contributed by atoms with Gasteiger partial charge in [0, 0.05) is 10.8 Å². The van der Waals surface area contributed by atoms with Crippen LogP contribution in [0.5, 0.6) is 0 Å². The van der Waals surface area contributed by atoms with Crippen LogP contribution < -0.4 is 0 Å². The molecule has 7 heteroatoms. The summed E-state index contributed by atoms with van der Waals surface area (Å²) in [7, 11) is -3.93. The van der Waals surface area contributed by atoms with Gasteiger partial charge in [0.25, 0.3) is 0 Å². The van der Waals surface area contributed by atoms with Crippen molar-refractivity contribution >= 4 is 21.6 Å². The number of hydrogen-bond acceptors (Lipinski definition) is 5. The summed E-state index contributed by atoms with van der Waals surface area (Å²) in [5.41, 5.74) is 1.78. The average molecular weight is 406 g/mol. The molecular formula is C20H20FNO3S2. The first kappa shape index (κ1) is 19.6. The number of benzene rings is 2. The summed E-state index contributed by atoms with van der Waals surface area (Å²) in [6.45, 7) is 5.98.